The van der Waals surface area contributed by atoms with Gasteiger partial charge in [0.25, 0.3) is 0 Å². The maximum Gasteiger partial charge on any atom is 0.114 e. The Balaban J connectivity index is 2.12. The molecule has 0 aliphatic heterocycles. The largest absolute Gasteiger partial charge is 0.465 e. The number of furan rings is 1. The molecule has 0 spiro atoms. The Hall–Kier alpha value is -0.0800. The number of halogens is 1. The highest BCUT2D eigenvalue weighted by Crippen LogP contribution is 2.16. The number of aryl methyl sites for hydroxylation is 1. The van der Waals surface area contributed by atoms with Crippen molar-refractivity contribution in [3.05, 3.63) is 23.7 Å². The molecule has 0 N–H and O–H groups in total. The number of rotatable bonds is 7. The van der Waals surface area contributed by atoms with Crippen LogP contribution < -0.4 is 0 Å². The molecular formula is C11H17ClOS. The van der Waals surface area contributed by atoms with Crippen LogP contribution in [0.15, 0.2) is 16.5 Å². The van der Waals surface area contributed by atoms with E-state index in [1.54, 1.807) is 0 Å². The van der Waals surface area contributed by atoms with Crippen LogP contribution in [0.1, 0.15) is 31.3 Å². The summed E-state index contributed by atoms with van der Waals surface area (Å²) < 4.78 is 5.59. The molecule has 1 aromatic heterocycles. The third-order valence-corrected chi connectivity index (χ3v) is 3.32. The lowest BCUT2D eigenvalue weighted by molar-refractivity contribution is 0.485. The minimum absolute atomic E-state index is 0.779. The normalized spacial score (nSPS) is 10.7. The Labute approximate surface area is 95.2 Å². The highest BCUT2D eigenvalue weighted by Gasteiger charge is 1.99. The third kappa shape index (κ3) is 4.43. The van der Waals surface area contributed by atoms with Crippen LogP contribution in [0, 0.1) is 0 Å². The Kier molecular flexibility index (Phi) is 6.20. The van der Waals surface area contributed by atoms with Crippen molar-refractivity contribution in [2.75, 3.05) is 11.6 Å². The van der Waals surface area contributed by atoms with Gasteiger partial charge < -0.3 is 4.42 Å². The molecule has 1 rings (SSSR count). The Morgan fingerprint density at radius 1 is 1.29 bits per heavy atom. The number of thioether (sulfide) groups is 1. The number of hydrogen-bond acceptors (Lipinski definition) is 2. The van der Waals surface area contributed by atoms with Crippen LogP contribution in [-0.4, -0.2) is 11.6 Å². The van der Waals surface area contributed by atoms with Crippen LogP contribution in [-0.2, 0) is 12.2 Å². The summed E-state index contributed by atoms with van der Waals surface area (Å²) >= 11 is 7.51. The second-order valence-electron chi connectivity index (χ2n) is 3.17. The molecule has 0 fully saturated rings. The number of hydrogen-bond donors (Lipinski definition) is 0. The zero-order valence-corrected chi connectivity index (χ0v) is 10.2. The Bertz CT molecular complexity index is 247. The molecule has 0 bridgehead atoms. The van der Waals surface area contributed by atoms with Gasteiger partial charge in [0.05, 0.1) is 5.75 Å². The van der Waals surface area contributed by atoms with Crippen LogP contribution in [0.4, 0.5) is 0 Å². The summed E-state index contributed by atoms with van der Waals surface area (Å²) in [4.78, 5) is 0. The summed E-state index contributed by atoms with van der Waals surface area (Å²) in [6.07, 6.45) is 3.30. The predicted octanol–water partition coefficient (Wildman–Crippen LogP) is 4.09. The van der Waals surface area contributed by atoms with Crippen LogP contribution in [0.3, 0.4) is 0 Å². The first-order chi connectivity index (χ1) is 6.86. The third-order valence-electron chi connectivity index (χ3n) is 1.98. The van der Waals surface area contributed by atoms with Crippen LogP contribution in [0.5, 0.6) is 0 Å². The summed E-state index contributed by atoms with van der Waals surface area (Å²) in [5.74, 6) is 5.12. The van der Waals surface area contributed by atoms with Gasteiger partial charge in [0.1, 0.15) is 11.5 Å². The second kappa shape index (κ2) is 7.24. The van der Waals surface area contributed by atoms with E-state index in [1.807, 2.05) is 11.8 Å². The lowest BCUT2D eigenvalue weighted by Crippen LogP contribution is -1.83. The van der Waals surface area contributed by atoms with Crippen molar-refractivity contribution in [3.8, 4) is 0 Å². The van der Waals surface area contributed by atoms with E-state index in [0.717, 1.165) is 36.0 Å². The molecule has 0 aromatic carbocycles. The van der Waals surface area contributed by atoms with Gasteiger partial charge >= 0.3 is 0 Å². The fraction of sp³-hybridized carbons (Fsp3) is 0.636. The SMILES string of the molecule is CCc1ccc(CSCCCCCl)o1. The van der Waals surface area contributed by atoms with E-state index in [9.17, 15) is 0 Å². The zero-order valence-electron chi connectivity index (χ0n) is 8.59. The average molecular weight is 233 g/mol. The molecule has 0 unspecified atom stereocenters. The quantitative estimate of drug-likeness (QED) is 0.519. The van der Waals surface area contributed by atoms with E-state index in [1.165, 1.54) is 12.2 Å². The molecule has 0 aliphatic rings. The van der Waals surface area contributed by atoms with Gasteiger partial charge in [0.15, 0.2) is 0 Å². The predicted molar refractivity (Wildman–Crippen MR) is 64.2 cm³/mol. The summed E-state index contributed by atoms with van der Waals surface area (Å²) in [5.41, 5.74) is 0. The van der Waals surface area contributed by atoms with Crippen molar-refractivity contribution >= 4 is 23.4 Å². The fourth-order valence-electron chi connectivity index (χ4n) is 1.16. The average Bonchev–Trinajstić information content (AvgIpc) is 2.65. The van der Waals surface area contributed by atoms with Crippen LogP contribution in [0.25, 0.3) is 0 Å². The molecule has 3 heteroatoms. The molecule has 1 nitrogen and oxygen atoms in total. The molecule has 1 heterocycles. The van der Waals surface area contributed by atoms with Crippen LogP contribution >= 0.6 is 23.4 Å². The number of unbranched alkanes of at least 4 members (excludes halogenated alkanes) is 1. The molecule has 0 saturated carbocycles. The standard InChI is InChI=1S/C11H17ClOS/c1-2-10-5-6-11(13-10)9-14-8-4-3-7-12/h5-6H,2-4,7-9H2,1H3. The van der Waals surface area contributed by atoms with Crippen molar-refractivity contribution in [1.82, 2.24) is 0 Å². The smallest absolute Gasteiger partial charge is 0.114 e. The maximum atomic E-state index is 5.59. The topological polar surface area (TPSA) is 13.1 Å². The summed E-state index contributed by atoms with van der Waals surface area (Å²) in [6, 6.07) is 4.14. The van der Waals surface area contributed by atoms with Crippen molar-refractivity contribution in [2.45, 2.75) is 31.9 Å². The fourth-order valence-corrected chi connectivity index (χ4v) is 2.26. The first kappa shape index (κ1) is 12.0. The molecule has 0 amide bonds. The van der Waals surface area contributed by atoms with Gasteiger partial charge in [-0.15, -0.1) is 11.6 Å². The second-order valence-corrected chi connectivity index (χ2v) is 4.65. The number of alkyl halides is 1. The van der Waals surface area contributed by atoms with Crippen molar-refractivity contribution in [1.29, 1.82) is 0 Å². The lowest BCUT2D eigenvalue weighted by atomic mass is 10.4. The van der Waals surface area contributed by atoms with Crippen molar-refractivity contribution < 1.29 is 4.42 Å². The van der Waals surface area contributed by atoms with Crippen LogP contribution in [0.2, 0.25) is 0 Å². The molecule has 1 aromatic rings. The molecule has 14 heavy (non-hydrogen) atoms. The summed E-state index contributed by atoms with van der Waals surface area (Å²) in [6.45, 7) is 2.11. The van der Waals surface area contributed by atoms with Gasteiger partial charge in [-0.2, -0.15) is 11.8 Å². The van der Waals surface area contributed by atoms with Gasteiger partial charge in [-0.3, -0.25) is 0 Å². The van der Waals surface area contributed by atoms with E-state index in [-0.39, 0.29) is 0 Å². The summed E-state index contributed by atoms with van der Waals surface area (Å²) in [7, 11) is 0. The Morgan fingerprint density at radius 2 is 2.07 bits per heavy atom. The van der Waals surface area contributed by atoms with E-state index < -0.39 is 0 Å². The maximum absolute atomic E-state index is 5.59. The molecule has 0 aliphatic carbocycles. The molecule has 0 atom stereocenters. The molecule has 0 saturated heterocycles. The molecule has 80 valence electrons. The van der Waals surface area contributed by atoms with Crippen molar-refractivity contribution in [2.24, 2.45) is 0 Å². The van der Waals surface area contributed by atoms with Crippen molar-refractivity contribution in [3.63, 3.8) is 0 Å². The first-order valence-electron chi connectivity index (χ1n) is 5.08. The minimum Gasteiger partial charge on any atom is -0.465 e. The van der Waals surface area contributed by atoms with Gasteiger partial charge in [-0.05, 0) is 30.7 Å². The highest BCUT2D eigenvalue weighted by atomic mass is 35.5. The zero-order chi connectivity index (χ0) is 10.2. The lowest BCUT2D eigenvalue weighted by Gasteiger charge is -1.97. The van der Waals surface area contributed by atoms with E-state index >= 15 is 0 Å². The van der Waals surface area contributed by atoms with E-state index in [2.05, 4.69) is 19.1 Å². The first-order valence-corrected chi connectivity index (χ1v) is 6.77. The van der Waals surface area contributed by atoms with Gasteiger partial charge in [-0.1, -0.05) is 6.92 Å². The highest BCUT2D eigenvalue weighted by molar-refractivity contribution is 7.98. The van der Waals surface area contributed by atoms with Gasteiger partial charge in [0.2, 0.25) is 0 Å². The van der Waals surface area contributed by atoms with Gasteiger partial charge in [-0.25, -0.2) is 0 Å². The monoisotopic (exact) mass is 232 g/mol. The molecule has 0 radical (unpaired) electrons. The van der Waals surface area contributed by atoms with E-state index in [0.29, 0.717) is 0 Å². The van der Waals surface area contributed by atoms with E-state index in [4.69, 9.17) is 16.0 Å². The Morgan fingerprint density at radius 3 is 2.71 bits per heavy atom. The molecular weight excluding hydrogens is 216 g/mol. The summed E-state index contributed by atoms with van der Waals surface area (Å²) in [5, 5.41) is 0. The van der Waals surface area contributed by atoms with Gasteiger partial charge in [0, 0.05) is 12.3 Å². The minimum atomic E-state index is 0.779.